The molecule has 4 aliphatic rings. The molecule has 2 aliphatic heterocycles. The number of aryl methyl sites for hydroxylation is 4. The van der Waals surface area contributed by atoms with Crippen LogP contribution in [0.5, 0.6) is 0 Å². The third kappa shape index (κ3) is 1.93. The van der Waals surface area contributed by atoms with Crippen molar-refractivity contribution < 1.29 is 0 Å². The van der Waals surface area contributed by atoms with Crippen molar-refractivity contribution in [3.63, 3.8) is 0 Å². The SMILES string of the molecule is c1cc2c3c(c1)-n1cnc4c5c(cc(c41)B3c1cc3c(c4ncn-2c14)CCCC3)CCCC5. The third-order valence-electron chi connectivity index (χ3n) is 8.82. The zero-order valence-electron chi connectivity index (χ0n) is 18.6. The zero-order valence-corrected chi connectivity index (χ0v) is 18.6. The number of hydrogen-bond acceptors (Lipinski definition) is 2. The Morgan fingerprint density at radius 1 is 0.667 bits per heavy atom. The maximum atomic E-state index is 5.02. The van der Waals surface area contributed by atoms with E-state index in [1.165, 1.54) is 111 Å². The molecule has 0 bridgehead atoms. The van der Waals surface area contributed by atoms with Crippen molar-refractivity contribution >= 4 is 45.2 Å². The molecule has 0 fully saturated rings. The molecule has 0 amide bonds. The van der Waals surface area contributed by atoms with Crippen LogP contribution < -0.4 is 16.4 Å². The monoisotopic (exact) mass is 426 g/mol. The molecule has 4 heterocycles. The number of hydrogen-bond donors (Lipinski definition) is 0. The number of fused-ring (bicyclic) bond motifs is 8. The van der Waals surface area contributed by atoms with Gasteiger partial charge in [-0.2, -0.15) is 0 Å². The van der Waals surface area contributed by atoms with Gasteiger partial charge >= 0.3 is 0 Å². The second-order valence-electron chi connectivity index (χ2n) is 10.4. The summed E-state index contributed by atoms with van der Waals surface area (Å²) >= 11 is 0. The largest absolute Gasteiger partial charge is 0.300 e. The van der Waals surface area contributed by atoms with Crippen LogP contribution in [0, 0.1) is 0 Å². The summed E-state index contributed by atoms with van der Waals surface area (Å²) in [5, 5.41) is 0. The Bertz CT molecular complexity index is 1570. The number of benzene rings is 3. The molecule has 0 unspecified atom stereocenters. The number of aromatic nitrogens is 4. The van der Waals surface area contributed by atoms with Gasteiger partial charge in [0.05, 0.1) is 22.1 Å². The van der Waals surface area contributed by atoms with Gasteiger partial charge in [-0.15, -0.1) is 0 Å². The lowest BCUT2D eigenvalue weighted by Crippen LogP contribution is -2.59. The van der Waals surface area contributed by atoms with Gasteiger partial charge in [0, 0.05) is 11.4 Å². The summed E-state index contributed by atoms with van der Waals surface area (Å²) in [7, 11) is 0. The van der Waals surface area contributed by atoms with Gasteiger partial charge in [0.15, 0.2) is 0 Å². The van der Waals surface area contributed by atoms with E-state index in [1.54, 1.807) is 0 Å². The molecule has 0 atom stereocenters. The van der Waals surface area contributed by atoms with Gasteiger partial charge in [-0.05, 0) is 102 Å². The predicted molar refractivity (Wildman–Crippen MR) is 134 cm³/mol. The lowest BCUT2D eigenvalue weighted by Gasteiger charge is -2.34. The lowest BCUT2D eigenvalue weighted by molar-refractivity contribution is 0.689. The highest BCUT2D eigenvalue weighted by molar-refractivity contribution is 7.00. The maximum Gasteiger partial charge on any atom is 0.252 e. The van der Waals surface area contributed by atoms with Gasteiger partial charge in [-0.1, -0.05) is 18.2 Å². The van der Waals surface area contributed by atoms with Crippen LogP contribution in [0.25, 0.3) is 33.4 Å². The molecular formula is C28H23BN4. The van der Waals surface area contributed by atoms with E-state index in [0.29, 0.717) is 0 Å². The van der Waals surface area contributed by atoms with Crippen LogP contribution >= 0.6 is 0 Å². The highest BCUT2D eigenvalue weighted by Gasteiger charge is 2.41. The standard InChI is InChI=1S/C28H23BN4/c1-3-8-18-16(6-1)12-20-27-25(18)30-14-32(27)22-10-5-11-23-24(22)29(20)21-13-17-7-2-4-9-19(17)26-28(21)33(23)15-31-26/h5,10-15H,1-4,6-9H2. The van der Waals surface area contributed by atoms with Gasteiger partial charge in [0.1, 0.15) is 12.7 Å². The molecule has 0 spiro atoms. The molecule has 5 aromatic rings. The van der Waals surface area contributed by atoms with Crippen molar-refractivity contribution in [2.45, 2.75) is 51.4 Å². The molecule has 2 aliphatic carbocycles. The van der Waals surface area contributed by atoms with E-state index in [4.69, 9.17) is 9.97 Å². The Morgan fingerprint density at radius 2 is 1.18 bits per heavy atom. The minimum atomic E-state index is 0.258. The second-order valence-corrected chi connectivity index (χ2v) is 10.4. The first kappa shape index (κ1) is 17.2. The Morgan fingerprint density at radius 3 is 1.73 bits per heavy atom. The van der Waals surface area contributed by atoms with Crippen molar-refractivity contribution in [2.24, 2.45) is 0 Å². The van der Waals surface area contributed by atoms with Crippen molar-refractivity contribution in [1.29, 1.82) is 0 Å². The Hall–Kier alpha value is -3.34. The minimum Gasteiger partial charge on any atom is -0.300 e. The summed E-state index contributed by atoms with van der Waals surface area (Å²) in [6.45, 7) is 0.258. The highest BCUT2D eigenvalue weighted by Crippen LogP contribution is 2.35. The molecule has 5 heteroatoms. The van der Waals surface area contributed by atoms with Gasteiger partial charge < -0.3 is 0 Å². The quantitative estimate of drug-likeness (QED) is 0.349. The van der Waals surface area contributed by atoms with Crippen LogP contribution in [0.1, 0.15) is 47.9 Å². The topological polar surface area (TPSA) is 35.6 Å². The zero-order chi connectivity index (χ0) is 21.3. The number of imidazole rings is 2. The maximum absolute atomic E-state index is 5.02. The molecular weight excluding hydrogens is 403 g/mol. The van der Waals surface area contributed by atoms with Gasteiger partial charge in [0.25, 0.3) is 6.71 Å². The van der Waals surface area contributed by atoms with Crippen LogP contribution in [-0.4, -0.2) is 25.8 Å². The van der Waals surface area contributed by atoms with Crippen LogP contribution in [-0.2, 0) is 25.7 Å². The summed E-state index contributed by atoms with van der Waals surface area (Å²) in [5.74, 6) is 0. The van der Waals surface area contributed by atoms with Crippen molar-refractivity contribution in [1.82, 2.24) is 19.1 Å². The molecule has 33 heavy (non-hydrogen) atoms. The molecule has 9 rings (SSSR count). The smallest absolute Gasteiger partial charge is 0.252 e. The van der Waals surface area contributed by atoms with E-state index in [2.05, 4.69) is 52.1 Å². The average Bonchev–Trinajstić information content (AvgIpc) is 3.50. The van der Waals surface area contributed by atoms with E-state index < -0.39 is 0 Å². The third-order valence-corrected chi connectivity index (χ3v) is 8.82. The molecule has 3 aromatic carbocycles. The van der Waals surface area contributed by atoms with Crippen LogP contribution in [0.15, 0.2) is 43.0 Å². The van der Waals surface area contributed by atoms with Crippen molar-refractivity contribution in [3.8, 4) is 11.4 Å². The van der Waals surface area contributed by atoms with E-state index >= 15 is 0 Å². The van der Waals surface area contributed by atoms with Crippen LogP contribution in [0.4, 0.5) is 0 Å². The fraction of sp³-hybridized carbons (Fsp3) is 0.286. The van der Waals surface area contributed by atoms with Crippen molar-refractivity contribution in [3.05, 3.63) is 65.2 Å². The molecule has 0 radical (unpaired) electrons. The van der Waals surface area contributed by atoms with Crippen molar-refractivity contribution in [2.75, 3.05) is 0 Å². The minimum absolute atomic E-state index is 0.258. The van der Waals surface area contributed by atoms with E-state index in [0.717, 1.165) is 12.8 Å². The molecule has 4 nitrogen and oxygen atoms in total. The second kappa shape index (κ2) is 5.77. The molecule has 0 N–H and O–H groups in total. The first-order valence-corrected chi connectivity index (χ1v) is 12.6. The average molecular weight is 426 g/mol. The summed E-state index contributed by atoms with van der Waals surface area (Å²) < 4.78 is 4.73. The Kier molecular flexibility index (Phi) is 3.00. The van der Waals surface area contributed by atoms with Crippen LogP contribution in [0.2, 0.25) is 0 Å². The van der Waals surface area contributed by atoms with E-state index in [-0.39, 0.29) is 6.71 Å². The first-order valence-electron chi connectivity index (χ1n) is 12.6. The fourth-order valence-corrected chi connectivity index (χ4v) is 7.46. The van der Waals surface area contributed by atoms with Gasteiger partial charge in [-0.3, -0.25) is 9.13 Å². The van der Waals surface area contributed by atoms with Crippen LogP contribution in [0.3, 0.4) is 0 Å². The molecule has 158 valence electrons. The predicted octanol–water partition coefficient (Wildman–Crippen LogP) is 3.27. The number of nitrogens with zero attached hydrogens (tertiary/aromatic N) is 4. The number of rotatable bonds is 0. The summed E-state index contributed by atoms with van der Waals surface area (Å²) in [6.07, 6.45) is 14.0. The Balaban J connectivity index is 1.47. The summed E-state index contributed by atoms with van der Waals surface area (Å²) in [5.41, 5.74) is 18.1. The molecule has 0 saturated carbocycles. The summed E-state index contributed by atoms with van der Waals surface area (Å²) in [6, 6.07) is 11.9. The molecule has 0 saturated heterocycles. The van der Waals surface area contributed by atoms with Gasteiger partial charge in [-0.25, -0.2) is 9.97 Å². The molecule has 2 aromatic heterocycles. The Labute approximate surface area is 192 Å². The van der Waals surface area contributed by atoms with Gasteiger partial charge in [0.2, 0.25) is 0 Å². The highest BCUT2D eigenvalue weighted by atomic mass is 15.1. The van der Waals surface area contributed by atoms with E-state index in [9.17, 15) is 0 Å². The first-order chi connectivity index (χ1) is 16.4. The normalized spacial score (nSPS) is 17.3. The van der Waals surface area contributed by atoms with E-state index in [1.807, 2.05) is 0 Å². The lowest BCUT2D eigenvalue weighted by atomic mass is 9.34. The summed E-state index contributed by atoms with van der Waals surface area (Å²) in [4.78, 5) is 10.0. The fourth-order valence-electron chi connectivity index (χ4n) is 7.46.